The monoisotopic (exact) mass is 422 g/mol. The van der Waals surface area contributed by atoms with Crippen molar-refractivity contribution in [3.63, 3.8) is 0 Å². The van der Waals surface area contributed by atoms with Crippen LogP contribution in [0.5, 0.6) is 0 Å². The first kappa shape index (κ1) is 20.6. The second-order valence-electron chi connectivity index (χ2n) is 7.81. The Hall–Kier alpha value is -2.70. The molecular weight excluding hydrogens is 396 g/mol. The van der Waals surface area contributed by atoms with Crippen molar-refractivity contribution in [1.82, 2.24) is 29.4 Å². The Morgan fingerprint density at radius 1 is 1.00 bits per heavy atom. The average molecular weight is 423 g/mol. The van der Waals surface area contributed by atoms with Gasteiger partial charge in [0, 0.05) is 49.7 Å². The fraction of sp³-hybridized carbons (Fsp3) is 0.348. The molecule has 0 aliphatic heterocycles. The zero-order valence-corrected chi connectivity index (χ0v) is 19.0. The summed E-state index contributed by atoms with van der Waals surface area (Å²) < 4.78 is 4.28. The fourth-order valence-electron chi connectivity index (χ4n) is 4.03. The van der Waals surface area contributed by atoms with Crippen molar-refractivity contribution in [2.24, 2.45) is 14.1 Å². The quantitative estimate of drug-likeness (QED) is 0.524. The maximum atomic E-state index is 6.85. The minimum Gasteiger partial charge on any atom is -0.334 e. The summed E-state index contributed by atoms with van der Waals surface area (Å²) in [7, 11) is 6.03. The van der Waals surface area contributed by atoms with Crippen LogP contribution in [0.25, 0.3) is 10.9 Å². The molecule has 0 bridgehead atoms. The van der Waals surface area contributed by atoms with Gasteiger partial charge in [0.25, 0.3) is 0 Å². The van der Waals surface area contributed by atoms with Crippen molar-refractivity contribution in [1.29, 1.82) is 0 Å². The fourth-order valence-corrected chi connectivity index (χ4v) is 4.38. The lowest BCUT2D eigenvalue weighted by Crippen LogP contribution is -2.13. The zero-order valence-electron chi connectivity index (χ0n) is 18.3. The van der Waals surface area contributed by atoms with E-state index >= 15 is 0 Å². The van der Waals surface area contributed by atoms with Gasteiger partial charge in [0.2, 0.25) is 0 Å². The second kappa shape index (κ2) is 7.85. The number of fused-ring (bicyclic) bond motifs is 1. The van der Waals surface area contributed by atoms with E-state index < -0.39 is 0 Å². The molecule has 1 N–H and O–H groups in total. The summed E-state index contributed by atoms with van der Waals surface area (Å²) in [5, 5.41) is 4.92. The average Bonchev–Trinajstić information content (AvgIpc) is 3.23. The lowest BCUT2D eigenvalue weighted by atomic mass is 9.91. The summed E-state index contributed by atoms with van der Waals surface area (Å²) in [4.78, 5) is 13.9. The third-order valence-electron chi connectivity index (χ3n) is 6.04. The van der Waals surface area contributed by atoms with Gasteiger partial charge in [0.05, 0.1) is 27.8 Å². The number of nitrogens with zero attached hydrogens (tertiary/aromatic N) is 5. The molecule has 3 aromatic heterocycles. The van der Waals surface area contributed by atoms with Crippen LogP contribution in [0.3, 0.4) is 0 Å². The molecule has 0 aliphatic rings. The molecule has 0 unspecified atom stereocenters. The normalized spacial score (nSPS) is 11.7. The topological polar surface area (TPSA) is 60.6 Å². The maximum absolute atomic E-state index is 6.85. The number of pyridine rings is 1. The van der Waals surface area contributed by atoms with Gasteiger partial charge in [-0.2, -0.15) is 0 Å². The lowest BCUT2D eigenvalue weighted by molar-refractivity contribution is 0.713. The number of aromatic nitrogens is 5. The summed E-state index contributed by atoms with van der Waals surface area (Å²) in [6, 6.07) is 6.36. The van der Waals surface area contributed by atoms with Crippen molar-refractivity contribution in [2.75, 3.05) is 7.05 Å². The summed E-state index contributed by atoms with van der Waals surface area (Å²) in [6.45, 7) is 6.72. The van der Waals surface area contributed by atoms with Gasteiger partial charge in [-0.05, 0) is 45.5 Å². The number of rotatable bonds is 5. The molecule has 0 radical (unpaired) electrons. The van der Waals surface area contributed by atoms with E-state index in [2.05, 4.69) is 56.7 Å². The first-order chi connectivity index (χ1) is 14.3. The molecule has 0 aliphatic carbocycles. The molecule has 0 saturated heterocycles. The van der Waals surface area contributed by atoms with Gasteiger partial charge in [0.15, 0.2) is 0 Å². The van der Waals surface area contributed by atoms with Crippen molar-refractivity contribution in [2.45, 2.75) is 33.2 Å². The smallest absolute Gasteiger partial charge is 0.105 e. The molecule has 30 heavy (non-hydrogen) atoms. The van der Waals surface area contributed by atoms with Gasteiger partial charge in [-0.15, -0.1) is 0 Å². The van der Waals surface area contributed by atoms with Crippen molar-refractivity contribution >= 4 is 22.5 Å². The van der Waals surface area contributed by atoms with Crippen LogP contribution in [-0.4, -0.2) is 31.1 Å². The standard InChI is InChI=1S/C23H27ClN6/c1-13-18(10-25-4)23(24)17-9-16(7-8-19(17)28-13)22(20-11-26-14(2)29(20)5)21-12-27-15(3)30(21)6/h7-9,11-12,22,25H,10H2,1-6H3. The third-order valence-corrected chi connectivity index (χ3v) is 6.47. The highest BCUT2D eigenvalue weighted by atomic mass is 35.5. The molecule has 4 aromatic rings. The SMILES string of the molecule is CNCc1c(C)nc2ccc(C(c3cnc(C)n3C)c3cnc(C)n3C)cc2c1Cl. The van der Waals surface area contributed by atoms with Crippen LogP contribution in [-0.2, 0) is 20.6 Å². The zero-order chi connectivity index (χ0) is 21.6. The highest BCUT2D eigenvalue weighted by Gasteiger charge is 2.25. The number of hydrogen-bond donors (Lipinski definition) is 1. The largest absolute Gasteiger partial charge is 0.334 e. The molecule has 0 saturated carbocycles. The van der Waals surface area contributed by atoms with E-state index in [4.69, 9.17) is 16.6 Å². The summed E-state index contributed by atoms with van der Waals surface area (Å²) in [5.41, 5.74) is 6.26. The van der Waals surface area contributed by atoms with E-state index in [1.807, 2.05) is 40.2 Å². The molecule has 0 spiro atoms. The molecule has 0 amide bonds. The molecule has 6 nitrogen and oxygen atoms in total. The number of halogens is 1. The van der Waals surface area contributed by atoms with Crippen LogP contribution < -0.4 is 5.32 Å². The summed E-state index contributed by atoms with van der Waals surface area (Å²) in [5.74, 6) is 1.93. The highest BCUT2D eigenvalue weighted by molar-refractivity contribution is 6.36. The van der Waals surface area contributed by atoms with E-state index in [0.29, 0.717) is 6.54 Å². The van der Waals surface area contributed by atoms with Crippen molar-refractivity contribution in [3.8, 4) is 0 Å². The first-order valence-electron chi connectivity index (χ1n) is 10.0. The molecular formula is C23H27ClN6. The van der Waals surface area contributed by atoms with Gasteiger partial charge >= 0.3 is 0 Å². The minimum absolute atomic E-state index is 0.0167. The van der Waals surface area contributed by atoms with E-state index in [0.717, 1.165) is 55.8 Å². The summed E-state index contributed by atoms with van der Waals surface area (Å²) in [6.07, 6.45) is 3.90. The number of aryl methyl sites for hydroxylation is 3. The molecule has 3 heterocycles. The molecule has 156 valence electrons. The number of hydrogen-bond acceptors (Lipinski definition) is 4. The lowest BCUT2D eigenvalue weighted by Gasteiger charge is -2.21. The van der Waals surface area contributed by atoms with E-state index in [9.17, 15) is 0 Å². The summed E-state index contributed by atoms with van der Waals surface area (Å²) >= 11 is 6.85. The van der Waals surface area contributed by atoms with Gasteiger partial charge < -0.3 is 14.5 Å². The molecule has 0 atom stereocenters. The Labute approximate surface area is 181 Å². The van der Waals surface area contributed by atoms with Crippen LogP contribution in [0.15, 0.2) is 30.6 Å². The van der Waals surface area contributed by atoms with Gasteiger partial charge in [0.1, 0.15) is 11.6 Å². The number of imidazole rings is 2. The van der Waals surface area contributed by atoms with Crippen LogP contribution in [0.2, 0.25) is 5.02 Å². The maximum Gasteiger partial charge on any atom is 0.105 e. The second-order valence-corrected chi connectivity index (χ2v) is 8.19. The Morgan fingerprint density at radius 2 is 1.60 bits per heavy atom. The van der Waals surface area contributed by atoms with E-state index in [1.54, 1.807) is 0 Å². The van der Waals surface area contributed by atoms with Crippen molar-refractivity contribution in [3.05, 3.63) is 75.5 Å². The van der Waals surface area contributed by atoms with E-state index in [1.165, 1.54) is 0 Å². The Kier molecular flexibility index (Phi) is 5.38. The van der Waals surface area contributed by atoms with E-state index in [-0.39, 0.29) is 5.92 Å². The van der Waals surface area contributed by atoms with Crippen LogP contribution >= 0.6 is 11.6 Å². The third kappa shape index (κ3) is 3.30. The predicted octanol–water partition coefficient (Wildman–Crippen LogP) is 4.18. The van der Waals surface area contributed by atoms with Crippen molar-refractivity contribution < 1.29 is 0 Å². The Balaban J connectivity index is 1.97. The molecule has 4 rings (SSSR count). The van der Waals surface area contributed by atoms with Gasteiger partial charge in [-0.3, -0.25) is 4.98 Å². The van der Waals surface area contributed by atoms with Crippen LogP contribution in [0, 0.1) is 20.8 Å². The molecule has 1 aromatic carbocycles. The van der Waals surface area contributed by atoms with Crippen LogP contribution in [0.1, 0.15) is 45.8 Å². The Morgan fingerprint density at radius 3 is 2.10 bits per heavy atom. The van der Waals surface area contributed by atoms with Crippen LogP contribution in [0.4, 0.5) is 0 Å². The van der Waals surface area contributed by atoms with Gasteiger partial charge in [-0.1, -0.05) is 17.7 Å². The first-order valence-corrected chi connectivity index (χ1v) is 10.4. The number of nitrogens with one attached hydrogen (secondary N) is 1. The van der Waals surface area contributed by atoms with Gasteiger partial charge in [-0.25, -0.2) is 9.97 Å². The predicted molar refractivity (Wildman–Crippen MR) is 121 cm³/mol. The molecule has 7 heteroatoms. The molecule has 0 fully saturated rings. The highest BCUT2D eigenvalue weighted by Crippen LogP contribution is 2.36. The Bertz CT molecular complexity index is 1190. The minimum atomic E-state index is -0.0167. The number of benzene rings is 1.